The van der Waals surface area contributed by atoms with Gasteiger partial charge >= 0.3 is 0 Å². The maximum absolute atomic E-state index is 14.6. The van der Waals surface area contributed by atoms with Gasteiger partial charge in [-0.3, -0.25) is 23.9 Å². The lowest BCUT2D eigenvalue weighted by atomic mass is 10.0. The third kappa shape index (κ3) is 8.15. The lowest BCUT2D eigenvalue weighted by Gasteiger charge is -2.30. The van der Waals surface area contributed by atoms with E-state index in [9.17, 15) is 27.6 Å². The number of carbonyl (C=O) groups is 4. The Morgan fingerprint density at radius 2 is 1.73 bits per heavy atom. The zero-order valence-electron chi connectivity index (χ0n) is 31.1. The van der Waals surface area contributed by atoms with Gasteiger partial charge in [-0.05, 0) is 68.9 Å². The molecular weight excluding hydrogens is 723 g/mol. The van der Waals surface area contributed by atoms with Crippen LogP contribution >= 0.6 is 0 Å². The van der Waals surface area contributed by atoms with Crippen molar-refractivity contribution in [1.82, 2.24) is 25.2 Å². The van der Waals surface area contributed by atoms with Crippen molar-refractivity contribution < 1.29 is 37.1 Å². The van der Waals surface area contributed by atoms with Gasteiger partial charge in [-0.25, -0.2) is 13.4 Å². The van der Waals surface area contributed by atoms with Gasteiger partial charge in [0.2, 0.25) is 27.7 Å². The number of sulfonamides is 1. The molecule has 2 saturated heterocycles. The summed E-state index contributed by atoms with van der Waals surface area (Å²) < 4.78 is 40.2. The number of benzene rings is 2. The molecule has 13 nitrogen and oxygen atoms in total. The third-order valence-corrected chi connectivity index (χ3v) is 13.7. The molecule has 4 amide bonds. The number of fused-ring (bicyclic) bond motifs is 3. The average molecular weight is 772 g/mol. The molecule has 292 valence electrons. The van der Waals surface area contributed by atoms with Crippen LogP contribution in [-0.2, 0) is 29.2 Å². The number of pyridine rings is 1. The van der Waals surface area contributed by atoms with E-state index in [4.69, 9.17) is 14.5 Å². The molecule has 0 spiro atoms. The number of methoxy groups -OCH3 is 1. The van der Waals surface area contributed by atoms with Gasteiger partial charge in [0.05, 0.1) is 30.1 Å². The Kier molecular flexibility index (Phi) is 10.2. The smallest absolute Gasteiger partial charge is 0.259 e. The zero-order chi connectivity index (χ0) is 38.3. The van der Waals surface area contributed by atoms with Crippen molar-refractivity contribution in [1.29, 1.82) is 0 Å². The van der Waals surface area contributed by atoms with Crippen LogP contribution < -0.4 is 24.8 Å². The van der Waals surface area contributed by atoms with Gasteiger partial charge in [-0.1, -0.05) is 56.0 Å². The molecule has 55 heavy (non-hydrogen) atoms. The summed E-state index contributed by atoms with van der Waals surface area (Å²) in [7, 11) is -2.27. The molecule has 2 aromatic carbocycles. The molecule has 3 saturated carbocycles. The number of nitrogens with zero attached hydrogens (tertiary/aromatic N) is 2. The first-order valence-corrected chi connectivity index (χ1v) is 21.3. The summed E-state index contributed by atoms with van der Waals surface area (Å²) >= 11 is 0. The number of rotatable bonds is 10. The topological polar surface area (TPSA) is 173 Å². The fourth-order valence-corrected chi connectivity index (χ4v) is 9.61. The van der Waals surface area contributed by atoms with Gasteiger partial charge in [-0.2, -0.15) is 0 Å². The molecule has 1 aromatic heterocycles. The van der Waals surface area contributed by atoms with E-state index in [-0.39, 0.29) is 30.7 Å². The van der Waals surface area contributed by atoms with Crippen molar-refractivity contribution in [2.45, 2.75) is 112 Å². The molecule has 5 atom stereocenters. The van der Waals surface area contributed by atoms with E-state index < -0.39 is 50.8 Å². The Bertz CT molecular complexity index is 2090. The maximum atomic E-state index is 14.6. The molecule has 2 aliphatic heterocycles. The van der Waals surface area contributed by atoms with Gasteiger partial charge in [0.1, 0.15) is 35.2 Å². The molecular formula is C41H49N5O8S. The third-order valence-electron chi connectivity index (χ3n) is 11.8. The van der Waals surface area contributed by atoms with Crippen molar-refractivity contribution >= 4 is 44.6 Å². The molecule has 5 aliphatic rings. The Hall–Kier alpha value is -4.72. The van der Waals surface area contributed by atoms with Gasteiger partial charge in [0.15, 0.2) is 0 Å². The molecule has 0 radical (unpaired) electrons. The Morgan fingerprint density at radius 3 is 2.45 bits per heavy atom. The largest absolute Gasteiger partial charge is 0.497 e. The highest BCUT2D eigenvalue weighted by atomic mass is 32.2. The SMILES string of the molecule is COc1ccc2c(O[C@@H]3CC4C(=O)N[C@]5(C(=O)NS(=O)(=O)C6CC6)C[C@H]5CCCCCCC(NC(=O)CC5CC5)C(=O)N4C3)cc(-c3ccccc3)nc2c1. The quantitative estimate of drug-likeness (QED) is 0.271. The first kappa shape index (κ1) is 37.2. The minimum atomic E-state index is -3.85. The van der Waals surface area contributed by atoms with Crippen LogP contribution in [0, 0.1) is 11.8 Å². The molecule has 3 aliphatic carbocycles. The van der Waals surface area contributed by atoms with Crippen molar-refractivity contribution in [3.63, 3.8) is 0 Å². The van der Waals surface area contributed by atoms with Gasteiger partial charge < -0.3 is 25.0 Å². The molecule has 2 unspecified atom stereocenters. The lowest BCUT2D eigenvalue weighted by Crippen LogP contribution is -2.58. The van der Waals surface area contributed by atoms with Crippen LogP contribution in [-0.4, -0.2) is 84.6 Å². The van der Waals surface area contributed by atoms with Crippen molar-refractivity contribution in [2.24, 2.45) is 11.8 Å². The molecule has 3 heterocycles. The second-order valence-corrected chi connectivity index (χ2v) is 18.0. The van der Waals surface area contributed by atoms with E-state index in [2.05, 4.69) is 15.4 Å². The van der Waals surface area contributed by atoms with E-state index in [0.717, 1.165) is 43.1 Å². The molecule has 8 rings (SSSR count). The summed E-state index contributed by atoms with van der Waals surface area (Å²) in [4.78, 5) is 62.3. The van der Waals surface area contributed by atoms with E-state index in [0.29, 0.717) is 73.6 Å². The van der Waals surface area contributed by atoms with Gasteiger partial charge in [-0.15, -0.1) is 0 Å². The maximum Gasteiger partial charge on any atom is 0.259 e. The van der Waals surface area contributed by atoms with E-state index >= 15 is 0 Å². The normalized spacial score (nSPS) is 27.3. The van der Waals surface area contributed by atoms with Crippen molar-refractivity contribution in [3.8, 4) is 22.8 Å². The van der Waals surface area contributed by atoms with Gasteiger partial charge in [0, 0.05) is 35.9 Å². The lowest BCUT2D eigenvalue weighted by molar-refractivity contribution is -0.142. The second kappa shape index (κ2) is 15.1. The van der Waals surface area contributed by atoms with Crippen molar-refractivity contribution in [2.75, 3.05) is 13.7 Å². The number of aromatic nitrogens is 1. The zero-order valence-corrected chi connectivity index (χ0v) is 31.9. The summed E-state index contributed by atoms with van der Waals surface area (Å²) in [5.74, 6) is -0.540. The fraction of sp³-hybridized carbons (Fsp3) is 0.537. The fourth-order valence-electron chi connectivity index (χ4n) is 8.25. The number of amides is 4. The Labute approximate surface area is 321 Å². The highest BCUT2D eigenvalue weighted by Gasteiger charge is 2.62. The molecule has 0 bridgehead atoms. The highest BCUT2D eigenvalue weighted by Crippen LogP contribution is 2.48. The van der Waals surface area contributed by atoms with Gasteiger partial charge in [0.25, 0.3) is 5.91 Å². The first-order valence-electron chi connectivity index (χ1n) is 19.7. The predicted octanol–water partition coefficient (Wildman–Crippen LogP) is 4.38. The van der Waals surface area contributed by atoms with E-state index in [1.165, 1.54) is 4.90 Å². The monoisotopic (exact) mass is 771 g/mol. The minimum absolute atomic E-state index is 0.0608. The summed E-state index contributed by atoms with van der Waals surface area (Å²) in [6.07, 6.45) is 7.43. The van der Waals surface area contributed by atoms with Crippen LogP contribution in [0.25, 0.3) is 22.2 Å². The molecule has 14 heteroatoms. The summed E-state index contributed by atoms with van der Waals surface area (Å²) in [6.45, 7) is 0.0608. The number of nitrogens with one attached hydrogen (secondary N) is 3. The number of hydrogen-bond donors (Lipinski definition) is 3. The summed E-state index contributed by atoms with van der Waals surface area (Å²) in [5.41, 5.74) is 0.814. The molecule has 3 aromatic rings. The summed E-state index contributed by atoms with van der Waals surface area (Å²) in [6, 6.07) is 15.2. The number of ether oxygens (including phenoxy) is 2. The van der Waals surface area contributed by atoms with Crippen LogP contribution in [0.4, 0.5) is 0 Å². The van der Waals surface area contributed by atoms with Crippen LogP contribution in [0.1, 0.15) is 83.5 Å². The predicted molar refractivity (Wildman–Crippen MR) is 204 cm³/mol. The number of hydrogen-bond acceptors (Lipinski definition) is 9. The van der Waals surface area contributed by atoms with Crippen LogP contribution in [0.2, 0.25) is 0 Å². The Balaban J connectivity index is 1.11. The first-order chi connectivity index (χ1) is 26.5. The van der Waals surface area contributed by atoms with Crippen LogP contribution in [0.3, 0.4) is 0 Å². The molecule has 3 N–H and O–H groups in total. The summed E-state index contributed by atoms with van der Waals surface area (Å²) in [5, 5.41) is 6.10. The number of carbonyl (C=O) groups excluding carboxylic acids is 4. The minimum Gasteiger partial charge on any atom is -0.497 e. The van der Waals surface area contributed by atoms with E-state index in [1.54, 1.807) is 7.11 Å². The van der Waals surface area contributed by atoms with Crippen molar-refractivity contribution in [3.05, 3.63) is 54.6 Å². The standard InChI is InChI=1S/C41H49N5O8S/c1-53-28-15-18-31-34(20-28)42-33(26-9-5-4-6-10-26)22-36(31)54-29-21-35-38(48)44-41(40(50)45-55(51,52)30-16-17-30)23-27(41)11-7-2-3-8-12-32(39(49)46(35)24-29)43-37(47)19-25-13-14-25/h4-6,9-10,15,18,20,22,25,27,29-30,32,35H,2-3,7-8,11-14,16-17,19,21,23-24H2,1H3,(H,43,47)(H,44,48)(H,45,50)/t27-,29-,32?,35?,41-/m1/s1. The second-order valence-electron chi connectivity index (χ2n) is 16.0. The van der Waals surface area contributed by atoms with E-state index in [1.807, 2.05) is 54.6 Å². The van der Waals surface area contributed by atoms with Crippen LogP contribution in [0.15, 0.2) is 54.6 Å². The van der Waals surface area contributed by atoms with Crippen LogP contribution in [0.5, 0.6) is 11.5 Å². The molecule has 5 fully saturated rings. The highest BCUT2D eigenvalue weighted by molar-refractivity contribution is 7.91. The average Bonchev–Trinajstić information content (AvgIpc) is 4.09. The Morgan fingerprint density at radius 1 is 0.964 bits per heavy atom.